The summed E-state index contributed by atoms with van der Waals surface area (Å²) in [6.07, 6.45) is 1.70. The van der Waals surface area contributed by atoms with Gasteiger partial charge in [0.2, 0.25) is 0 Å². The van der Waals surface area contributed by atoms with Gasteiger partial charge in [-0.05, 0) is 35.9 Å². The molecule has 2 aromatic rings. The van der Waals surface area contributed by atoms with E-state index in [1.807, 2.05) is 30.3 Å². The number of nitrogens with one attached hydrogen (secondary N) is 1. The first-order valence-corrected chi connectivity index (χ1v) is 8.57. The van der Waals surface area contributed by atoms with Crippen LogP contribution in [0.4, 0.5) is 16.2 Å². The van der Waals surface area contributed by atoms with Gasteiger partial charge >= 0.3 is 6.03 Å². The van der Waals surface area contributed by atoms with Crippen LogP contribution in [-0.4, -0.2) is 38.2 Å². The van der Waals surface area contributed by atoms with E-state index < -0.39 is 6.03 Å². The Morgan fingerprint density at radius 2 is 1.58 bits per heavy atom. The minimum absolute atomic E-state index is 0.276. The number of anilines is 2. The summed E-state index contributed by atoms with van der Waals surface area (Å²) in [5, 5.41) is 2.65. The lowest BCUT2D eigenvalue weighted by molar-refractivity contribution is -0.113. The molecule has 2 fully saturated rings. The van der Waals surface area contributed by atoms with Crippen molar-refractivity contribution in [2.75, 3.05) is 36.1 Å². The van der Waals surface area contributed by atoms with Crippen molar-refractivity contribution < 1.29 is 14.3 Å². The Balaban J connectivity index is 1.53. The molecular formula is C20H19N3O3. The van der Waals surface area contributed by atoms with E-state index in [-0.39, 0.29) is 11.6 Å². The topological polar surface area (TPSA) is 61.9 Å². The van der Waals surface area contributed by atoms with Crippen molar-refractivity contribution in [2.24, 2.45) is 0 Å². The summed E-state index contributed by atoms with van der Waals surface area (Å²) in [5.74, 6) is -0.349. The van der Waals surface area contributed by atoms with Crippen LogP contribution in [0.3, 0.4) is 0 Å². The molecule has 2 heterocycles. The average Bonchev–Trinajstić information content (AvgIpc) is 2.97. The fourth-order valence-corrected chi connectivity index (χ4v) is 3.12. The van der Waals surface area contributed by atoms with Gasteiger partial charge in [0.25, 0.3) is 5.91 Å². The fourth-order valence-electron chi connectivity index (χ4n) is 3.12. The second-order valence-corrected chi connectivity index (χ2v) is 6.16. The number of imide groups is 1. The van der Waals surface area contributed by atoms with Crippen LogP contribution in [0.25, 0.3) is 6.08 Å². The van der Waals surface area contributed by atoms with Crippen molar-refractivity contribution in [3.05, 3.63) is 65.9 Å². The summed E-state index contributed by atoms with van der Waals surface area (Å²) in [5.41, 5.74) is 2.82. The molecule has 6 nitrogen and oxygen atoms in total. The molecule has 3 amide bonds. The minimum Gasteiger partial charge on any atom is -0.378 e. The summed E-state index contributed by atoms with van der Waals surface area (Å²) >= 11 is 0. The molecule has 2 aromatic carbocycles. The van der Waals surface area contributed by atoms with Gasteiger partial charge in [-0.25, -0.2) is 9.69 Å². The van der Waals surface area contributed by atoms with Crippen molar-refractivity contribution in [2.45, 2.75) is 0 Å². The zero-order chi connectivity index (χ0) is 17.9. The molecule has 0 bridgehead atoms. The number of urea groups is 1. The monoisotopic (exact) mass is 349 g/mol. The van der Waals surface area contributed by atoms with Crippen molar-refractivity contribution in [3.8, 4) is 0 Å². The molecule has 26 heavy (non-hydrogen) atoms. The number of morpholine rings is 1. The number of carbonyl (C=O) groups is 2. The summed E-state index contributed by atoms with van der Waals surface area (Å²) in [6.45, 7) is 3.23. The molecule has 0 unspecified atom stereocenters. The quantitative estimate of drug-likeness (QED) is 0.683. The van der Waals surface area contributed by atoms with Gasteiger partial charge in [-0.3, -0.25) is 4.79 Å². The second-order valence-electron chi connectivity index (χ2n) is 6.16. The number of ether oxygens (including phenoxy) is 1. The number of amides is 3. The van der Waals surface area contributed by atoms with Gasteiger partial charge < -0.3 is 15.0 Å². The van der Waals surface area contributed by atoms with E-state index in [1.54, 1.807) is 30.3 Å². The van der Waals surface area contributed by atoms with Crippen LogP contribution in [0.15, 0.2) is 60.3 Å². The lowest BCUT2D eigenvalue weighted by Gasteiger charge is -2.28. The molecule has 0 saturated carbocycles. The third-order valence-corrected chi connectivity index (χ3v) is 4.47. The third-order valence-electron chi connectivity index (χ3n) is 4.47. The molecule has 2 aliphatic rings. The Kier molecular flexibility index (Phi) is 4.41. The smallest absolute Gasteiger partial charge is 0.333 e. The highest BCUT2D eigenvalue weighted by Crippen LogP contribution is 2.23. The number of hydrogen-bond acceptors (Lipinski definition) is 4. The van der Waals surface area contributed by atoms with Crippen LogP contribution in [0.1, 0.15) is 5.56 Å². The van der Waals surface area contributed by atoms with Crippen LogP contribution >= 0.6 is 0 Å². The maximum atomic E-state index is 12.6. The van der Waals surface area contributed by atoms with Crippen LogP contribution in [-0.2, 0) is 9.53 Å². The molecule has 0 aromatic heterocycles. The molecule has 0 radical (unpaired) electrons. The number of para-hydroxylation sites is 1. The van der Waals surface area contributed by atoms with Gasteiger partial charge in [-0.15, -0.1) is 0 Å². The zero-order valence-corrected chi connectivity index (χ0v) is 14.2. The first kappa shape index (κ1) is 16.4. The van der Waals surface area contributed by atoms with Crippen molar-refractivity contribution >= 4 is 29.4 Å². The molecule has 1 N–H and O–H groups in total. The van der Waals surface area contributed by atoms with Gasteiger partial charge in [-0.1, -0.05) is 30.3 Å². The molecule has 4 rings (SSSR count). The Morgan fingerprint density at radius 1 is 0.885 bits per heavy atom. The van der Waals surface area contributed by atoms with Crippen LogP contribution in [0.2, 0.25) is 0 Å². The lowest BCUT2D eigenvalue weighted by Crippen LogP contribution is -2.36. The van der Waals surface area contributed by atoms with Crippen molar-refractivity contribution in [3.63, 3.8) is 0 Å². The Labute approximate surface area is 151 Å². The van der Waals surface area contributed by atoms with E-state index in [4.69, 9.17) is 4.74 Å². The highest BCUT2D eigenvalue weighted by atomic mass is 16.5. The van der Waals surface area contributed by atoms with E-state index >= 15 is 0 Å². The molecule has 0 spiro atoms. The fraction of sp³-hybridized carbons (Fsp3) is 0.200. The largest absolute Gasteiger partial charge is 0.378 e. The standard InChI is InChI=1S/C20H19N3O3/c24-19-18(21-20(25)23(19)17-4-2-1-3-5-17)14-15-6-8-16(9-7-15)22-10-12-26-13-11-22/h1-9,14H,10-13H2,(H,21,25)/b18-14+. The number of benzene rings is 2. The Hall–Kier alpha value is -3.12. The average molecular weight is 349 g/mol. The molecule has 2 aliphatic heterocycles. The lowest BCUT2D eigenvalue weighted by atomic mass is 10.1. The van der Waals surface area contributed by atoms with Gasteiger partial charge in [0.05, 0.1) is 18.9 Å². The van der Waals surface area contributed by atoms with Crippen molar-refractivity contribution in [1.82, 2.24) is 5.32 Å². The van der Waals surface area contributed by atoms with E-state index in [0.29, 0.717) is 5.69 Å². The predicted octanol–water partition coefficient (Wildman–Crippen LogP) is 2.62. The molecule has 6 heteroatoms. The summed E-state index contributed by atoms with van der Waals surface area (Å²) < 4.78 is 5.37. The van der Waals surface area contributed by atoms with Gasteiger partial charge in [0, 0.05) is 18.8 Å². The van der Waals surface area contributed by atoms with E-state index in [1.165, 1.54) is 0 Å². The zero-order valence-electron chi connectivity index (χ0n) is 14.2. The highest BCUT2D eigenvalue weighted by molar-refractivity contribution is 6.28. The Bertz CT molecular complexity index is 840. The number of carbonyl (C=O) groups excluding carboxylic acids is 2. The molecule has 0 atom stereocenters. The maximum absolute atomic E-state index is 12.6. The SMILES string of the molecule is O=C1N/C(=C/c2ccc(N3CCOCC3)cc2)C(=O)N1c1ccccc1. The second kappa shape index (κ2) is 7.01. The van der Waals surface area contributed by atoms with Crippen LogP contribution < -0.4 is 15.1 Å². The normalized spacial score (nSPS) is 19.2. The van der Waals surface area contributed by atoms with E-state index in [2.05, 4.69) is 10.2 Å². The summed E-state index contributed by atoms with van der Waals surface area (Å²) in [4.78, 5) is 28.2. The predicted molar refractivity (Wildman–Crippen MR) is 99.9 cm³/mol. The first-order chi connectivity index (χ1) is 12.7. The van der Waals surface area contributed by atoms with E-state index in [0.717, 1.165) is 42.5 Å². The van der Waals surface area contributed by atoms with E-state index in [9.17, 15) is 9.59 Å². The maximum Gasteiger partial charge on any atom is 0.333 e. The summed E-state index contributed by atoms with van der Waals surface area (Å²) in [7, 11) is 0. The van der Waals surface area contributed by atoms with Gasteiger partial charge in [0.15, 0.2) is 0 Å². The molecule has 132 valence electrons. The number of rotatable bonds is 3. The first-order valence-electron chi connectivity index (χ1n) is 8.57. The third kappa shape index (κ3) is 3.19. The highest BCUT2D eigenvalue weighted by Gasteiger charge is 2.34. The molecule has 0 aliphatic carbocycles. The molecular weight excluding hydrogens is 330 g/mol. The van der Waals surface area contributed by atoms with Crippen LogP contribution in [0.5, 0.6) is 0 Å². The summed E-state index contributed by atoms with van der Waals surface area (Å²) in [6, 6.07) is 16.4. The number of hydrogen-bond donors (Lipinski definition) is 1. The minimum atomic E-state index is -0.433. The van der Waals surface area contributed by atoms with Crippen molar-refractivity contribution in [1.29, 1.82) is 0 Å². The van der Waals surface area contributed by atoms with Gasteiger partial charge in [0.1, 0.15) is 5.70 Å². The number of nitrogens with zero attached hydrogens (tertiary/aromatic N) is 2. The Morgan fingerprint density at radius 3 is 2.27 bits per heavy atom. The van der Waals surface area contributed by atoms with Crippen LogP contribution in [0, 0.1) is 0 Å². The van der Waals surface area contributed by atoms with Gasteiger partial charge in [-0.2, -0.15) is 0 Å². The molecule has 2 saturated heterocycles.